The molecule has 130 valence electrons. The van der Waals surface area contributed by atoms with Gasteiger partial charge in [-0.15, -0.1) is 0 Å². The van der Waals surface area contributed by atoms with E-state index in [1.807, 2.05) is 0 Å². The van der Waals surface area contributed by atoms with Crippen LogP contribution in [-0.4, -0.2) is 68.6 Å². The zero-order chi connectivity index (χ0) is 17.0. The molecule has 1 amide bonds. The summed E-state index contributed by atoms with van der Waals surface area (Å²) in [7, 11) is -1.91. The monoisotopic (exact) mass is 333 g/mol. The second-order valence-electron chi connectivity index (χ2n) is 6.97. The SMILES string of the molecule is CC[C@@H]1CCCN(C(C)(C)CNC(=O)CN(C)S(C)(=O)=O)C1. The quantitative estimate of drug-likeness (QED) is 0.751. The summed E-state index contributed by atoms with van der Waals surface area (Å²) < 4.78 is 23.7. The summed E-state index contributed by atoms with van der Waals surface area (Å²) in [5.41, 5.74) is -0.118. The number of piperidine rings is 1. The number of likely N-dealkylation sites (N-methyl/N-ethyl adjacent to an activating group) is 1. The van der Waals surface area contributed by atoms with Crippen LogP contribution in [0, 0.1) is 5.92 Å². The van der Waals surface area contributed by atoms with Gasteiger partial charge in [0, 0.05) is 25.7 Å². The molecule has 7 heteroatoms. The van der Waals surface area contributed by atoms with Gasteiger partial charge < -0.3 is 5.32 Å². The summed E-state index contributed by atoms with van der Waals surface area (Å²) in [4.78, 5) is 14.4. The molecule has 1 N–H and O–H groups in total. The third-order valence-electron chi connectivity index (χ3n) is 4.60. The second kappa shape index (κ2) is 7.75. The molecule has 1 atom stereocenters. The maximum Gasteiger partial charge on any atom is 0.235 e. The summed E-state index contributed by atoms with van der Waals surface area (Å²) in [5.74, 6) is 0.477. The number of carbonyl (C=O) groups excluding carboxylic acids is 1. The van der Waals surface area contributed by atoms with Crippen LogP contribution in [0.3, 0.4) is 0 Å². The summed E-state index contributed by atoms with van der Waals surface area (Å²) in [6, 6.07) is 0. The first-order valence-corrected chi connectivity index (χ1v) is 9.84. The normalized spacial score (nSPS) is 21.1. The minimum absolute atomic E-state index is 0.118. The van der Waals surface area contributed by atoms with Crippen molar-refractivity contribution in [1.29, 1.82) is 0 Å². The van der Waals surface area contributed by atoms with E-state index in [4.69, 9.17) is 0 Å². The van der Waals surface area contributed by atoms with Crippen LogP contribution in [0.5, 0.6) is 0 Å². The van der Waals surface area contributed by atoms with Gasteiger partial charge in [0.1, 0.15) is 0 Å². The first-order chi connectivity index (χ1) is 10.1. The molecule has 22 heavy (non-hydrogen) atoms. The van der Waals surface area contributed by atoms with Crippen molar-refractivity contribution >= 4 is 15.9 Å². The van der Waals surface area contributed by atoms with Crippen LogP contribution in [-0.2, 0) is 14.8 Å². The van der Waals surface area contributed by atoms with Crippen LogP contribution in [0.2, 0.25) is 0 Å². The van der Waals surface area contributed by atoms with Crippen LogP contribution >= 0.6 is 0 Å². The fourth-order valence-corrected chi connectivity index (χ4v) is 3.10. The Balaban J connectivity index is 2.49. The minimum Gasteiger partial charge on any atom is -0.353 e. The van der Waals surface area contributed by atoms with Crippen molar-refractivity contribution < 1.29 is 13.2 Å². The first-order valence-electron chi connectivity index (χ1n) is 7.99. The molecule has 0 spiro atoms. The molecule has 0 aliphatic carbocycles. The second-order valence-corrected chi connectivity index (χ2v) is 9.06. The Hall–Kier alpha value is -0.660. The highest BCUT2D eigenvalue weighted by Gasteiger charge is 2.31. The third-order valence-corrected chi connectivity index (χ3v) is 5.86. The minimum atomic E-state index is -3.32. The van der Waals surface area contributed by atoms with Gasteiger partial charge in [0.2, 0.25) is 15.9 Å². The van der Waals surface area contributed by atoms with Gasteiger partial charge in [-0.1, -0.05) is 13.3 Å². The average molecular weight is 333 g/mol. The topological polar surface area (TPSA) is 69.7 Å². The molecule has 0 aromatic heterocycles. The van der Waals surface area contributed by atoms with E-state index < -0.39 is 10.0 Å². The van der Waals surface area contributed by atoms with Gasteiger partial charge >= 0.3 is 0 Å². The largest absolute Gasteiger partial charge is 0.353 e. The smallest absolute Gasteiger partial charge is 0.235 e. The summed E-state index contributed by atoms with van der Waals surface area (Å²) in [6.45, 7) is 9.01. The lowest BCUT2D eigenvalue weighted by Crippen LogP contribution is -2.55. The van der Waals surface area contributed by atoms with Gasteiger partial charge in [0.05, 0.1) is 12.8 Å². The Labute approximate surface area is 135 Å². The molecule has 0 aromatic carbocycles. The molecule has 1 fully saturated rings. The Morgan fingerprint density at radius 3 is 2.59 bits per heavy atom. The number of amides is 1. The number of likely N-dealkylation sites (tertiary alicyclic amines) is 1. The van der Waals surface area contributed by atoms with Crippen molar-refractivity contribution in [1.82, 2.24) is 14.5 Å². The Bertz CT molecular complexity index is 476. The van der Waals surface area contributed by atoms with E-state index in [2.05, 4.69) is 31.0 Å². The van der Waals surface area contributed by atoms with Crippen molar-refractivity contribution in [2.75, 3.05) is 39.5 Å². The zero-order valence-corrected chi connectivity index (χ0v) is 15.4. The van der Waals surface area contributed by atoms with E-state index in [9.17, 15) is 13.2 Å². The Morgan fingerprint density at radius 2 is 2.05 bits per heavy atom. The zero-order valence-electron chi connectivity index (χ0n) is 14.6. The molecule has 0 bridgehead atoms. The predicted molar refractivity (Wildman–Crippen MR) is 89.2 cm³/mol. The maximum absolute atomic E-state index is 11.9. The van der Waals surface area contributed by atoms with Gasteiger partial charge in [-0.2, -0.15) is 4.31 Å². The fraction of sp³-hybridized carbons (Fsp3) is 0.933. The molecule has 1 saturated heterocycles. The highest BCUT2D eigenvalue weighted by Crippen LogP contribution is 2.25. The number of hydrogen-bond donors (Lipinski definition) is 1. The molecule has 1 aliphatic rings. The molecule has 1 heterocycles. The summed E-state index contributed by atoms with van der Waals surface area (Å²) in [5, 5.41) is 2.87. The van der Waals surface area contributed by atoms with Crippen LogP contribution in [0.4, 0.5) is 0 Å². The van der Waals surface area contributed by atoms with Crippen LogP contribution in [0.1, 0.15) is 40.0 Å². The predicted octanol–water partition coefficient (Wildman–Crippen LogP) is 0.895. The number of sulfonamides is 1. The van der Waals surface area contributed by atoms with Gasteiger partial charge in [-0.05, 0) is 39.2 Å². The molecule has 1 aliphatic heterocycles. The maximum atomic E-state index is 11.9. The third kappa shape index (κ3) is 5.85. The van der Waals surface area contributed by atoms with E-state index in [0.29, 0.717) is 6.54 Å². The highest BCUT2D eigenvalue weighted by molar-refractivity contribution is 7.88. The number of rotatable bonds is 7. The average Bonchev–Trinajstić information content (AvgIpc) is 2.44. The van der Waals surface area contributed by atoms with Gasteiger partial charge in [0.15, 0.2) is 0 Å². The lowest BCUT2D eigenvalue weighted by Gasteiger charge is -2.43. The van der Waals surface area contributed by atoms with Crippen molar-refractivity contribution in [3.05, 3.63) is 0 Å². The lowest BCUT2D eigenvalue weighted by atomic mass is 9.91. The fourth-order valence-electron chi connectivity index (χ4n) is 2.75. The van der Waals surface area contributed by atoms with Gasteiger partial charge in [-0.3, -0.25) is 9.69 Å². The number of carbonyl (C=O) groups is 1. The van der Waals surface area contributed by atoms with Crippen LogP contribution in [0.15, 0.2) is 0 Å². The Morgan fingerprint density at radius 1 is 1.41 bits per heavy atom. The van der Waals surface area contributed by atoms with Crippen molar-refractivity contribution in [2.24, 2.45) is 5.92 Å². The van der Waals surface area contributed by atoms with Crippen LogP contribution in [0.25, 0.3) is 0 Å². The molecule has 1 rings (SSSR count). The molecule has 0 radical (unpaired) electrons. The van der Waals surface area contributed by atoms with Gasteiger partial charge in [0.25, 0.3) is 0 Å². The lowest BCUT2D eigenvalue weighted by molar-refractivity contribution is -0.121. The van der Waals surface area contributed by atoms with E-state index in [-0.39, 0.29) is 18.0 Å². The van der Waals surface area contributed by atoms with Crippen LogP contribution < -0.4 is 5.32 Å². The van der Waals surface area contributed by atoms with Gasteiger partial charge in [-0.25, -0.2) is 8.42 Å². The molecular formula is C15H31N3O3S. The van der Waals surface area contributed by atoms with E-state index >= 15 is 0 Å². The molecular weight excluding hydrogens is 302 g/mol. The van der Waals surface area contributed by atoms with E-state index in [1.165, 1.54) is 26.3 Å². The molecule has 6 nitrogen and oxygen atoms in total. The molecule has 0 saturated carbocycles. The van der Waals surface area contributed by atoms with Crippen molar-refractivity contribution in [2.45, 2.75) is 45.6 Å². The van der Waals surface area contributed by atoms with Crippen molar-refractivity contribution in [3.8, 4) is 0 Å². The Kier molecular flexibility index (Phi) is 6.83. The van der Waals surface area contributed by atoms with E-state index in [1.54, 1.807) is 0 Å². The summed E-state index contributed by atoms with van der Waals surface area (Å²) in [6.07, 6.45) is 4.78. The standard InChI is InChI=1S/C15H31N3O3S/c1-6-13-8-7-9-18(10-13)15(2,3)12-16-14(19)11-17(4)22(5,20)21/h13H,6-12H2,1-5H3,(H,16,19)/t13-/m1/s1. The molecule has 0 unspecified atom stereocenters. The number of hydrogen-bond acceptors (Lipinski definition) is 4. The highest BCUT2D eigenvalue weighted by atomic mass is 32.2. The van der Waals surface area contributed by atoms with Crippen molar-refractivity contribution in [3.63, 3.8) is 0 Å². The first kappa shape index (κ1) is 19.4. The van der Waals surface area contributed by atoms with E-state index in [0.717, 1.165) is 29.6 Å². The number of nitrogens with one attached hydrogen (secondary N) is 1. The summed E-state index contributed by atoms with van der Waals surface area (Å²) >= 11 is 0. The number of nitrogens with zero attached hydrogens (tertiary/aromatic N) is 2. The molecule has 0 aromatic rings.